The fourth-order valence-electron chi connectivity index (χ4n) is 1.56. The predicted molar refractivity (Wildman–Crippen MR) is 80.1 cm³/mol. The Hall–Kier alpha value is -0.910. The number of ether oxygens (including phenoxy) is 1. The van der Waals surface area contributed by atoms with Crippen molar-refractivity contribution in [1.82, 2.24) is 5.32 Å². The number of benzene rings is 1. The minimum Gasteiger partial charge on any atom is -0.488 e. The third-order valence-corrected chi connectivity index (χ3v) is 4.21. The molecule has 1 heterocycles. The molecular formula is C14H15BrFNOS. The van der Waals surface area contributed by atoms with Gasteiger partial charge in [0.05, 0.1) is 4.47 Å². The smallest absolute Gasteiger partial charge is 0.137 e. The summed E-state index contributed by atoms with van der Waals surface area (Å²) in [5.74, 6) is 0.381. The Bertz CT molecular complexity index is 544. The van der Waals surface area contributed by atoms with E-state index in [1.807, 2.05) is 0 Å². The largest absolute Gasteiger partial charge is 0.488 e. The molecule has 0 radical (unpaired) electrons. The zero-order valence-electron chi connectivity index (χ0n) is 10.6. The number of nitrogens with one attached hydrogen (secondary N) is 1. The van der Waals surface area contributed by atoms with Crippen LogP contribution in [0.3, 0.4) is 0 Å². The van der Waals surface area contributed by atoms with E-state index in [1.54, 1.807) is 23.5 Å². The summed E-state index contributed by atoms with van der Waals surface area (Å²) in [6.07, 6.45) is 0. The first-order chi connectivity index (χ1) is 9.19. The van der Waals surface area contributed by atoms with Crippen molar-refractivity contribution < 1.29 is 9.13 Å². The van der Waals surface area contributed by atoms with Gasteiger partial charge in [0.1, 0.15) is 18.2 Å². The van der Waals surface area contributed by atoms with E-state index in [1.165, 1.54) is 10.9 Å². The molecule has 1 aromatic heterocycles. The molecule has 0 amide bonds. The molecule has 1 aromatic carbocycles. The highest BCUT2D eigenvalue weighted by Crippen LogP contribution is 2.24. The van der Waals surface area contributed by atoms with Gasteiger partial charge in [-0.2, -0.15) is 0 Å². The molecule has 0 unspecified atom stereocenters. The molecule has 0 bridgehead atoms. The maximum absolute atomic E-state index is 13.1. The van der Waals surface area contributed by atoms with Crippen molar-refractivity contribution in [3.05, 3.63) is 50.4 Å². The number of halogens is 2. The quantitative estimate of drug-likeness (QED) is 0.842. The average Bonchev–Trinajstić information content (AvgIpc) is 2.86. The lowest BCUT2D eigenvalue weighted by atomic mass is 10.3. The first-order valence-corrected chi connectivity index (χ1v) is 7.66. The van der Waals surface area contributed by atoms with Gasteiger partial charge in [-0.3, -0.25) is 0 Å². The topological polar surface area (TPSA) is 21.3 Å². The summed E-state index contributed by atoms with van der Waals surface area (Å²) < 4.78 is 19.1. The van der Waals surface area contributed by atoms with Crippen LogP contribution in [0.25, 0.3) is 0 Å². The summed E-state index contributed by atoms with van der Waals surface area (Å²) in [5.41, 5.74) is 0. The van der Waals surface area contributed by atoms with Gasteiger partial charge in [-0.15, -0.1) is 11.3 Å². The van der Waals surface area contributed by atoms with E-state index in [0.717, 1.165) is 18.0 Å². The minimum atomic E-state index is -0.281. The van der Waals surface area contributed by atoms with Gasteiger partial charge in [0.2, 0.25) is 0 Å². The van der Waals surface area contributed by atoms with Crippen LogP contribution in [0.15, 0.2) is 34.8 Å². The highest BCUT2D eigenvalue weighted by Gasteiger charge is 2.03. The third-order valence-electron chi connectivity index (χ3n) is 2.54. The van der Waals surface area contributed by atoms with Crippen molar-refractivity contribution in [2.75, 3.05) is 6.54 Å². The fourth-order valence-corrected chi connectivity index (χ4v) is 2.82. The second kappa shape index (κ2) is 7.03. The summed E-state index contributed by atoms with van der Waals surface area (Å²) in [6, 6.07) is 8.84. The van der Waals surface area contributed by atoms with E-state index < -0.39 is 0 Å². The molecule has 19 heavy (non-hydrogen) atoms. The summed E-state index contributed by atoms with van der Waals surface area (Å²) in [5, 5.41) is 3.29. The van der Waals surface area contributed by atoms with Crippen LogP contribution in [0.2, 0.25) is 0 Å². The number of hydrogen-bond donors (Lipinski definition) is 1. The van der Waals surface area contributed by atoms with Gasteiger partial charge in [0.15, 0.2) is 0 Å². The molecule has 1 N–H and O–H groups in total. The zero-order valence-corrected chi connectivity index (χ0v) is 13.0. The van der Waals surface area contributed by atoms with Crippen molar-refractivity contribution in [3.8, 4) is 5.75 Å². The summed E-state index contributed by atoms with van der Waals surface area (Å²) >= 11 is 4.87. The van der Waals surface area contributed by atoms with Gasteiger partial charge < -0.3 is 10.1 Å². The first kappa shape index (κ1) is 14.5. The van der Waals surface area contributed by atoms with Crippen LogP contribution < -0.4 is 10.1 Å². The van der Waals surface area contributed by atoms with E-state index in [4.69, 9.17) is 4.74 Å². The lowest BCUT2D eigenvalue weighted by Gasteiger charge is -2.05. The lowest BCUT2D eigenvalue weighted by molar-refractivity contribution is 0.309. The minimum absolute atomic E-state index is 0.281. The molecule has 0 atom stereocenters. The highest BCUT2D eigenvalue weighted by atomic mass is 79.9. The predicted octanol–water partition coefficient (Wildman–Crippen LogP) is 4.34. The normalized spacial score (nSPS) is 10.7. The molecule has 0 aliphatic rings. The Morgan fingerprint density at radius 3 is 2.79 bits per heavy atom. The Kier molecular flexibility index (Phi) is 5.36. The van der Waals surface area contributed by atoms with Crippen LogP contribution in [0, 0.1) is 5.82 Å². The Morgan fingerprint density at radius 2 is 2.05 bits per heavy atom. The van der Waals surface area contributed by atoms with Gasteiger partial charge in [0.25, 0.3) is 0 Å². The Morgan fingerprint density at radius 1 is 1.26 bits per heavy atom. The molecule has 0 spiro atoms. The summed E-state index contributed by atoms with van der Waals surface area (Å²) in [7, 11) is 0. The van der Waals surface area contributed by atoms with Crippen LogP contribution in [0.5, 0.6) is 5.75 Å². The molecule has 0 aliphatic carbocycles. The van der Waals surface area contributed by atoms with Crippen LogP contribution >= 0.6 is 27.3 Å². The summed E-state index contributed by atoms with van der Waals surface area (Å²) in [6.45, 7) is 4.45. The zero-order chi connectivity index (χ0) is 13.7. The third kappa shape index (κ3) is 4.30. The van der Waals surface area contributed by atoms with Crippen molar-refractivity contribution in [2.24, 2.45) is 0 Å². The molecule has 0 aliphatic heterocycles. The molecule has 2 aromatic rings. The van der Waals surface area contributed by atoms with Crippen molar-refractivity contribution >= 4 is 27.3 Å². The van der Waals surface area contributed by atoms with Gasteiger partial charge in [0, 0.05) is 16.3 Å². The molecule has 0 saturated heterocycles. The molecule has 0 fully saturated rings. The molecular weight excluding hydrogens is 329 g/mol. The van der Waals surface area contributed by atoms with Crippen molar-refractivity contribution in [3.63, 3.8) is 0 Å². The van der Waals surface area contributed by atoms with E-state index in [-0.39, 0.29) is 5.82 Å². The van der Waals surface area contributed by atoms with E-state index >= 15 is 0 Å². The van der Waals surface area contributed by atoms with E-state index in [2.05, 4.69) is 40.3 Å². The Labute approximate surface area is 124 Å². The van der Waals surface area contributed by atoms with Gasteiger partial charge >= 0.3 is 0 Å². The Balaban J connectivity index is 1.91. The van der Waals surface area contributed by atoms with Crippen LogP contribution in [-0.2, 0) is 13.2 Å². The maximum Gasteiger partial charge on any atom is 0.137 e. The molecule has 2 rings (SSSR count). The van der Waals surface area contributed by atoms with Crippen LogP contribution in [-0.4, -0.2) is 6.54 Å². The number of thiophene rings is 1. The lowest BCUT2D eigenvalue weighted by Crippen LogP contribution is -2.10. The van der Waals surface area contributed by atoms with Gasteiger partial charge in [-0.1, -0.05) is 6.92 Å². The van der Waals surface area contributed by atoms with Gasteiger partial charge in [-0.25, -0.2) is 4.39 Å². The first-order valence-electron chi connectivity index (χ1n) is 6.05. The standard InChI is InChI=1S/C14H15BrFNOS/c1-2-17-8-11-4-5-12(19-11)9-18-10-3-6-14(16)13(15)7-10/h3-7,17H,2,8-9H2,1H3. The van der Waals surface area contributed by atoms with Crippen molar-refractivity contribution in [2.45, 2.75) is 20.1 Å². The second-order valence-electron chi connectivity index (χ2n) is 4.01. The molecule has 2 nitrogen and oxygen atoms in total. The van der Waals surface area contributed by atoms with Crippen LogP contribution in [0.4, 0.5) is 4.39 Å². The molecule has 5 heteroatoms. The van der Waals surface area contributed by atoms with E-state index in [0.29, 0.717) is 16.8 Å². The molecule has 102 valence electrons. The number of rotatable bonds is 6. The number of hydrogen-bond acceptors (Lipinski definition) is 3. The monoisotopic (exact) mass is 343 g/mol. The maximum atomic E-state index is 13.1. The molecule has 0 saturated carbocycles. The highest BCUT2D eigenvalue weighted by molar-refractivity contribution is 9.10. The SMILES string of the molecule is CCNCc1ccc(COc2ccc(F)c(Br)c2)s1. The van der Waals surface area contributed by atoms with E-state index in [9.17, 15) is 4.39 Å². The summed E-state index contributed by atoms with van der Waals surface area (Å²) in [4.78, 5) is 2.45. The fraction of sp³-hybridized carbons (Fsp3) is 0.286. The van der Waals surface area contributed by atoms with Crippen LogP contribution in [0.1, 0.15) is 16.7 Å². The van der Waals surface area contributed by atoms with Crippen molar-refractivity contribution in [1.29, 1.82) is 0 Å². The second-order valence-corrected chi connectivity index (χ2v) is 6.12. The average molecular weight is 344 g/mol. The van der Waals surface area contributed by atoms with Gasteiger partial charge in [-0.05, 0) is 52.8 Å².